The molecule has 1 aliphatic heterocycles. The van der Waals surface area contributed by atoms with Crippen LogP contribution in [-0.2, 0) is 28.9 Å². The van der Waals surface area contributed by atoms with Crippen molar-refractivity contribution in [3.05, 3.63) is 62.3 Å². The van der Waals surface area contributed by atoms with Gasteiger partial charge in [0.2, 0.25) is 5.78 Å². The molecule has 1 saturated heterocycles. The van der Waals surface area contributed by atoms with Crippen LogP contribution in [0.15, 0.2) is 23.0 Å². The van der Waals surface area contributed by atoms with Crippen LogP contribution < -0.4 is 5.56 Å². The standard InChI is InChI=1S/C26H29FN4O4/c27-21-9-6-16(15-22-18-4-1-2-5-19(18)24(33)29-28-22)14-20(21)25(34)30-10-3-11-31(13-12-30)26(35)23(32)17-7-8-17/h6,9,14,17H,1-5,7-8,10-13,15H2,(H,29,33). The zero-order valence-electron chi connectivity index (χ0n) is 19.6. The van der Waals surface area contributed by atoms with Gasteiger partial charge in [-0.15, -0.1) is 0 Å². The van der Waals surface area contributed by atoms with Gasteiger partial charge in [-0.3, -0.25) is 19.2 Å². The lowest BCUT2D eigenvalue weighted by Gasteiger charge is -2.22. The number of nitrogens with zero attached hydrogens (tertiary/aromatic N) is 3. The van der Waals surface area contributed by atoms with Crippen LogP contribution in [0.25, 0.3) is 0 Å². The third-order valence-electron chi connectivity index (χ3n) is 7.24. The van der Waals surface area contributed by atoms with E-state index in [2.05, 4.69) is 10.2 Å². The maximum Gasteiger partial charge on any atom is 0.290 e. The van der Waals surface area contributed by atoms with Crippen LogP contribution in [0.3, 0.4) is 0 Å². The molecule has 2 aromatic rings. The number of aromatic nitrogens is 2. The minimum Gasteiger partial charge on any atom is -0.337 e. The largest absolute Gasteiger partial charge is 0.337 e. The fourth-order valence-corrected chi connectivity index (χ4v) is 5.08. The third-order valence-corrected chi connectivity index (χ3v) is 7.24. The van der Waals surface area contributed by atoms with E-state index in [0.717, 1.165) is 60.9 Å². The molecule has 8 nitrogen and oxygen atoms in total. The average molecular weight is 481 g/mol. The van der Waals surface area contributed by atoms with Crippen LogP contribution in [0.5, 0.6) is 0 Å². The number of ketones is 1. The maximum atomic E-state index is 14.7. The minimum absolute atomic E-state index is 0.0189. The first-order valence-corrected chi connectivity index (χ1v) is 12.4. The minimum atomic E-state index is -0.601. The molecule has 35 heavy (non-hydrogen) atoms. The summed E-state index contributed by atoms with van der Waals surface area (Å²) in [7, 11) is 0. The summed E-state index contributed by atoms with van der Waals surface area (Å²) < 4.78 is 14.7. The highest BCUT2D eigenvalue weighted by Crippen LogP contribution is 2.30. The molecule has 9 heteroatoms. The van der Waals surface area contributed by atoms with Gasteiger partial charge in [0, 0.05) is 44.1 Å². The van der Waals surface area contributed by atoms with Gasteiger partial charge in [-0.25, -0.2) is 9.49 Å². The number of halogens is 1. The van der Waals surface area contributed by atoms with E-state index in [0.29, 0.717) is 25.9 Å². The van der Waals surface area contributed by atoms with Crippen molar-refractivity contribution in [2.75, 3.05) is 26.2 Å². The third kappa shape index (κ3) is 4.90. The smallest absolute Gasteiger partial charge is 0.290 e. The van der Waals surface area contributed by atoms with Crippen molar-refractivity contribution in [1.82, 2.24) is 20.0 Å². The molecule has 184 valence electrons. The number of carbonyl (C=O) groups is 3. The Labute approximate surface area is 202 Å². The molecule has 2 amide bonds. The van der Waals surface area contributed by atoms with Crippen molar-refractivity contribution in [2.24, 2.45) is 5.92 Å². The van der Waals surface area contributed by atoms with Gasteiger partial charge in [0.25, 0.3) is 17.4 Å². The Hall–Kier alpha value is -3.36. The first-order valence-electron chi connectivity index (χ1n) is 12.4. The molecule has 5 rings (SSSR count). The van der Waals surface area contributed by atoms with Gasteiger partial charge < -0.3 is 9.80 Å². The number of H-pyrrole nitrogens is 1. The van der Waals surface area contributed by atoms with Gasteiger partial charge in [-0.2, -0.15) is 5.10 Å². The number of benzene rings is 1. The second kappa shape index (κ2) is 9.71. The number of aromatic amines is 1. The fraction of sp³-hybridized carbons (Fsp3) is 0.500. The summed E-state index contributed by atoms with van der Waals surface area (Å²) in [6, 6.07) is 4.49. The molecule has 0 radical (unpaired) electrons. The number of hydrogen-bond donors (Lipinski definition) is 1. The van der Waals surface area contributed by atoms with E-state index in [-0.39, 0.29) is 35.9 Å². The molecule has 0 unspecified atom stereocenters. The number of amides is 2. The summed E-state index contributed by atoms with van der Waals surface area (Å²) in [5.74, 6) is -1.96. The van der Waals surface area contributed by atoms with Gasteiger partial charge in [0.1, 0.15) is 5.82 Å². The van der Waals surface area contributed by atoms with E-state index in [1.54, 1.807) is 17.0 Å². The van der Waals surface area contributed by atoms with Crippen LogP contribution >= 0.6 is 0 Å². The summed E-state index contributed by atoms with van der Waals surface area (Å²) in [6.07, 6.45) is 5.97. The molecule has 0 spiro atoms. The van der Waals surface area contributed by atoms with Gasteiger partial charge in [-0.1, -0.05) is 6.07 Å². The summed E-state index contributed by atoms with van der Waals surface area (Å²) in [5.41, 5.74) is 3.08. The highest BCUT2D eigenvalue weighted by Gasteiger charge is 2.37. The average Bonchev–Trinajstić information content (AvgIpc) is 3.73. The summed E-state index contributed by atoms with van der Waals surface area (Å²) in [4.78, 5) is 53.1. The Morgan fingerprint density at radius 2 is 1.69 bits per heavy atom. The van der Waals surface area contributed by atoms with E-state index in [4.69, 9.17) is 0 Å². The molecule has 2 heterocycles. The summed E-state index contributed by atoms with van der Waals surface area (Å²) in [6.45, 7) is 1.31. The van der Waals surface area contributed by atoms with Crippen molar-refractivity contribution >= 4 is 17.6 Å². The topological polar surface area (TPSA) is 103 Å². The highest BCUT2D eigenvalue weighted by molar-refractivity contribution is 6.37. The molecule has 2 aliphatic carbocycles. The van der Waals surface area contributed by atoms with Gasteiger partial charge >= 0.3 is 0 Å². The molecular formula is C26H29FN4O4. The summed E-state index contributed by atoms with van der Waals surface area (Å²) in [5, 5.41) is 6.83. The molecule has 1 saturated carbocycles. The Morgan fingerprint density at radius 3 is 2.46 bits per heavy atom. The molecule has 1 aromatic heterocycles. The Balaban J connectivity index is 1.31. The molecule has 0 atom stereocenters. The lowest BCUT2D eigenvalue weighted by Crippen LogP contribution is -2.41. The lowest BCUT2D eigenvalue weighted by molar-refractivity contribution is -0.145. The predicted molar refractivity (Wildman–Crippen MR) is 126 cm³/mol. The predicted octanol–water partition coefficient (Wildman–Crippen LogP) is 2.03. The molecule has 1 aromatic carbocycles. The van der Waals surface area contributed by atoms with Crippen molar-refractivity contribution < 1.29 is 18.8 Å². The zero-order valence-corrected chi connectivity index (χ0v) is 19.6. The molecular weight excluding hydrogens is 451 g/mol. The number of fused-ring (bicyclic) bond motifs is 1. The fourth-order valence-electron chi connectivity index (χ4n) is 5.08. The van der Waals surface area contributed by atoms with Crippen molar-refractivity contribution in [3.63, 3.8) is 0 Å². The van der Waals surface area contributed by atoms with E-state index < -0.39 is 17.6 Å². The maximum absolute atomic E-state index is 14.7. The van der Waals surface area contributed by atoms with E-state index in [9.17, 15) is 23.6 Å². The monoisotopic (exact) mass is 480 g/mol. The van der Waals surface area contributed by atoms with E-state index >= 15 is 0 Å². The van der Waals surface area contributed by atoms with Crippen molar-refractivity contribution in [2.45, 2.75) is 51.4 Å². The van der Waals surface area contributed by atoms with Crippen LogP contribution in [-0.4, -0.2) is 63.8 Å². The zero-order chi connectivity index (χ0) is 24.5. The Morgan fingerprint density at radius 1 is 0.971 bits per heavy atom. The number of hydrogen-bond acceptors (Lipinski definition) is 5. The van der Waals surface area contributed by atoms with Crippen LogP contribution in [0.2, 0.25) is 0 Å². The normalized spacial score (nSPS) is 18.1. The Kier molecular flexibility index (Phi) is 6.49. The van der Waals surface area contributed by atoms with Crippen molar-refractivity contribution in [1.29, 1.82) is 0 Å². The quantitative estimate of drug-likeness (QED) is 0.660. The van der Waals surface area contributed by atoms with Crippen LogP contribution in [0, 0.1) is 11.7 Å². The first-order chi connectivity index (χ1) is 16.9. The molecule has 0 bridgehead atoms. The van der Waals surface area contributed by atoms with Gasteiger partial charge in [-0.05, 0) is 68.2 Å². The molecule has 3 aliphatic rings. The lowest BCUT2D eigenvalue weighted by atomic mass is 9.90. The number of rotatable bonds is 5. The SMILES string of the molecule is O=C(C(=O)N1CCCN(C(=O)c2cc(Cc3n[nH]c(=O)c4c3CCCC4)ccc2F)CC1)C1CC1. The van der Waals surface area contributed by atoms with Crippen LogP contribution in [0.1, 0.15) is 64.8 Å². The molecule has 1 N–H and O–H groups in total. The highest BCUT2D eigenvalue weighted by atomic mass is 19.1. The van der Waals surface area contributed by atoms with E-state index in [1.165, 1.54) is 11.0 Å². The van der Waals surface area contributed by atoms with E-state index in [1.807, 2.05) is 0 Å². The second-order valence-corrected chi connectivity index (χ2v) is 9.73. The number of Topliss-reactive ketones (excluding diaryl/α,β-unsaturated/α-hetero) is 1. The second-order valence-electron chi connectivity index (χ2n) is 9.73. The first kappa shape index (κ1) is 23.4. The van der Waals surface area contributed by atoms with Gasteiger partial charge in [0.05, 0.1) is 11.3 Å². The Bertz CT molecular complexity index is 1240. The number of carbonyl (C=O) groups excluding carboxylic acids is 3. The van der Waals surface area contributed by atoms with Gasteiger partial charge in [0.15, 0.2) is 0 Å². The molecule has 2 fully saturated rings. The van der Waals surface area contributed by atoms with Crippen LogP contribution in [0.4, 0.5) is 4.39 Å². The number of nitrogens with one attached hydrogen (secondary N) is 1. The van der Waals surface area contributed by atoms with Crippen molar-refractivity contribution in [3.8, 4) is 0 Å². The summed E-state index contributed by atoms with van der Waals surface area (Å²) >= 11 is 0.